The topological polar surface area (TPSA) is 30.5 Å². The van der Waals surface area contributed by atoms with Crippen molar-refractivity contribution in [2.75, 3.05) is 25.1 Å². The van der Waals surface area contributed by atoms with Crippen LogP contribution in [0.15, 0.2) is 18.2 Å². The first-order chi connectivity index (χ1) is 8.17. The Kier molecular flexibility index (Phi) is 5.84. The second kappa shape index (κ2) is 7.17. The van der Waals surface area contributed by atoms with Gasteiger partial charge >= 0.3 is 0 Å². The molecule has 0 aliphatic rings. The smallest absolute Gasteiger partial charge is 0.119 e. The molecule has 17 heavy (non-hydrogen) atoms. The summed E-state index contributed by atoms with van der Waals surface area (Å²) in [6.45, 7) is 10.4. The molecule has 0 aliphatic heterocycles. The summed E-state index contributed by atoms with van der Waals surface area (Å²) in [6, 6.07) is 6.42. The van der Waals surface area contributed by atoms with E-state index < -0.39 is 0 Å². The molecule has 96 valence electrons. The molecular weight excluding hydrogens is 214 g/mol. The highest BCUT2D eigenvalue weighted by molar-refractivity contribution is 5.54. The largest absolute Gasteiger partial charge is 0.494 e. The third-order valence-corrected chi connectivity index (χ3v) is 2.48. The highest BCUT2D eigenvalue weighted by Crippen LogP contribution is 2.21. The average Bonchev–Trinajstić information content (AvgIpc) is 2.30. The van der Waals surface area contributed by atoms with E-state index in [1.165, 1.54) is 5.56 Å². The molecule has 1 rings (SSSR count). The van der Waals surface area contributed by atoms with Gasteiger partial charge in [-0.3, -0.25) is 0 Å². The summed E-state index contributed by atoms with van der Waals surface area (Å²) < 4.78 is 10.8. The Morgan fingerprint density at radius 1 is 1.24 bits per heavy atom. The van der Waals surface area contributed by atoms with Crippen molar-refractivity contribution in [3.8, 4) is 5.75 Å². The first-order valence-corrected chi connectivity index (χ1v) is 6.25. The SMILES string of the molecule is CCOCC(C)Nc1ccc(OCC)cc1C. The molecule has 1 N–H and O–H groups in total. The molecule has 3 nitrogen and oxygen atoms in total. The Bertz CT molecular complexity index is 339. The zero-order chi connectivity index (χ0) is 12.7. The van der Waals surface area contributed by atoms with Gasteiger partial charge in [0.05, 0.1) is 13.2 Å². The van der Waals surface area contributed by atoms with E-state index in [0.29, 0.717) is 12.6 Å². The average molecular weight is 237 g/mol. The fourth-order valence-corrected chi connectivity index (χ4v) is 1.66. The molecule has 0 aliphatic carbocycles. The van der Waals surface area contributed by atoms with Crippen LogP contribution in [0.2, 0.25) is 0 Å². The summed E-state index contributed by atoms with van der Waals surface area (Å²) in [5.41, 5.74) is 2.33. The fraction of sp³-hybridized carbons (Fsp3) is 0.571. The van der Waals surface area contributed by atoms with E-state index in [0.717, 1.165) is 24.7 Å². The molecule has 0 radical (unpaired) electrons. The molecule has 0 amide bonds. The van der Waals surface area contributed by atoms with Gasteiger partial charge in [0.25, 0.3) is 0 Å². The molecule has 1 aromatic rings. The van der Waals surface area contributed by atoms with Gasteiger partial charge in [0.2, 0.25) is 0 Å². The Morgan fingerprint density at radius 3 is 2.59 bits per heavy atom. The number of benzene rings is 1. The normalized spacial score (nSPS) is 12.2. The van der Waals surface area contributed by atoms with E-state index in [-0.39, 0.29) is 0 Å². The lowest BCUT2D eigenvalue weighted by atomic mass is 10.1. The Balaban J connectivity index is 2.59. The van der Waals surface area contributed by atoms with Gasteiger partial charge in [-0.05, 0) is 51.5 Å². The minimum Gasteiger partial charge on any atom is -0.494 e. The van der Waals surface area contributed by atoms with Gasteiger partial charge < -0.3 is 14.8 Å². The molecule has 1 unspecified atom stereocenters. The van der Waals surface area contributed by atoms with Gasteiger partial charge in [-0.2, -0.15) is 0 Å². The highest BCUT2D eigenvalue weighted by Gasteiger charge is 2.05. The lowest BCUT2D eigenvalue weighted by Crippen LogP contribution is -2.22. The molecule has 0 spiro atoms. The maximum absolute atomic E-state index is 5.46. The molecule has 1 aromatic carbocycles. The second-order valence-electron chi connectivity index (χ2n) is 4.11. The van der Waals surface area contributed by atoms with Crippen LogP contribution in [-0.2, 0) is 4.74 Å². The summed E-state index contributed by atoms with van der Waals surface area (Å²) in [5.74, 6) is 0.924. The maximum atomic E-state index is 5.46. The van der Waals surface area contributed by atoms with E-state index in [1.54, 1.807) is 0 Å². The molecule has 0 fully saturated rings. The summed E-state index contributed by atoms with van der Waals surface area (Å²) >= 11 is 0. The van der Waals surface area contributed by atoms with Crippen LogP contribution in [0.5, 0.6) is 5.75 Å². The zero-order valence-electron chi connectivity index (χ0n) is 11.2. The minimum absolute atomic E-state index is 0.312. The number of anilines is 1. The Labute approximate surface area is 104 Å². The molecule has 0 saturated heterocycles. The predicted octanol–water partition coefficient (Wildman–Crippen LogP) is 3.23. The van der Waals surface area contributed by atoms with Crippen molar-refractivity contribution in [3.05, 3.63) is 23.8 Å². The molecule has 0 bridgehead atoms. The van der Waals surface area contributed by atoms with Crippen LogP contribution < -0.4 is 10.1 Å². The number of nitrogens with one attached hydrogen (secondary N) is 1. The van der Waals surface area contributed by atoms with E-state index in [4.69, 9.17) is 9.47 Å². The van der Waals surface area contributed by atoms with Gasteiger partial charge in [0.15, 0.2) is 0 Å². The third kappa shape index (κ3) is 4.65. The van der Waals surface area contributed by atoms with Gasteiger partial charge in [-0.25, -0.2) is 0 Å². The molecule has 0 saturated carbocycles. The van der Waals surface area contributed by atoms with Crippen LogP contribution in [0.25, 0.3) is 0 Å². The van der Waals surface area contributed by atoms with Crippen molar-refractivity contribution < 1.29 is 9.47 Å². The van der Waals surface area contributed by atoms with Gasteiger partial charge in [0.1, 0.15) is 5.75 Å². The molecule has 3 heteroatoms. The van der Waals surface area contributed by atoms with E-state index in [1.807, 2.05) is 19.9 Å². The molecule has 1 atom stereocenters. The first kappa shape index (κ1) is 13.8. The van der Waals surface area contributed by atoms with Crippen LogP contribution >= 0.6 is 0 Å². The minimum atomic E-state index is 0.312. The van der Waals surface area contributed by atoms with Crippen molar-refractivity contribution in [2.24, 2.45) is 0 Å². The van der Waals surface area contributed by atoms with Crippen molar-refractivity contribution >= 4 is 5.69 Å². The van der Waals surface area contributed by atoms with Crippen molar-refractivity contribution in [1.82, 2.24) is 0 Å². The molecule has 0 aromatic heterocycles. The quantitative estimate of drug-likeness (QED) is 0.789. The van der Waals surface area contributed by atoms with E-state index in [9.17, 15) is 0 Å². The molecular formula is C14H23NO2. The number of ether oxygens (including phenoxy) is 2. The van der Waals surface area contributed by atoms with Crippen LogP contribution in [0.1, 0.15) is 26.3 Å². The van der Waals surface area contributed by atoms with Crippen LogP contribution in [0, 0.1) is 6.92 Å². The van der Waals surface area contributed by atoms with E-state index >= 15 is 0 Å². The summed E-state index contributed by atoms with van der Waals surface area (Å²) in [4.78, 5) is 0. The summed E-state index contributed by atoms with van der Waals surface area (Å²) in [7, 11) is 0. The monoisotopic (exact) mass is 237 g/mol. The number of aryl methyl sites for hydroxylation is 1. The number of rotatable bonds is 7. The van der Waals surface area contributed by atoms with Crippen molar-refractivity contribution in [3.63, 3.8) is 0 Å². The summed E-state index contributed by atoms with van der Waals surface area (Å²) in [6.07, 6.45) is 0. The molecule has 0 heterocycles. The van der Waals surface area contributed by atoms with Crippen molar-refractivity contribution in [1.29, 1.82) is 0 Å². The van der Waals surface area contributed by atoms with Crippen molar-refractivity contribution in [2.45, 2.75) is 33.7 Å². The van der Waals surface area contributed by atoms with Crippen LogP contribution in [0.4, 0.5) is 5.69 Å². The summed E-state index contributed by atoms with van der Waals surface area (Å²) in [5, 5.41) is 3.43. The predicted molar refractivity (Wildman–Crippen MR) is 71.9 cm³/mol. The highest BCUT2D eigenvalue weighted by atomic mass is 16.5. The second-order valence-corrected chi connectivity index (χ2v) is 4.11. The first-order valence-electron chi connectivity index (χ1n) is 6.25. The van der Waals surface area contributed by atoms with Gasteiger partial charge in [-0.1, -0.05) is 0 Å². The third-order valence-electron chi connectivity index (χ3n) is 2.48. The van der Waals surface area contributed by atoms with Crippen LogP contribution in [0.3, 0.4) is 0 Å². The van der Waals surface area contributed by atoms with Gasteiger partial charge in [0, 0.05) is 18.3 Å². The van der Waals surface area contributed by atoms with Crippen LogP contribution in [-0.4, -0.2) is 25.9 Å². The Morgan fingerprint density at radius 2 is 2.00 bits per heavy atom. The number of hydrogen-bond donors (Lipinski definition) is 1. The number of hydrogen-bond acceptors (Lipinski definition) is 3. The van der Waals surface area contributed by atoms with Gasteiger partial charge in [-0.15, -0.1) is 0 Å². The maximum Gasteiger partial charge on any atom is 0.119 e. The standard InChI is InChI=1S/C14H23NO2/c1-5-16-10-12(4)15-14-8-7-13(17-6-2)9-11(14)3/h7-9,12,15H,5-6,10H2,1-4H3. The fourth-order valence-electron chi connectivity index (χ4n) is 1.66. The lowest BCUT2D eigenvalue weighted by molar-refractivity contribution is 0.141. The lowest BCUT2D eigenvalue weighted by Gasteiger charge is -2.17. The van der Waals surface area contributed by atoms with E-state index in [2.05, 4.69) is 31.3 Å². The Hall–Kier alpha value is -1.22. The zero-order valence-corrected chi connectivity index (χ0v) is 11.2.